The van der Waals surface area contributed by atoms with E-state index >= 15 is 0 Å². The van der Waals surface area contributed by atoms with Crippen molar-refractivity contribution in [1.82, 2.24) is 25.1 Å². The third kappa shape index (κ3) is 3.74. The minimum Gasteiger partial charge on any atom is -0.494 e. The van der Waals surface area contributed by atoms with Crippen molar-refractivity contribution in [3.05, 3.63) is 60.2 Å². The molecule has 3 heterocycles. The summed E-state index contributed by atoms with van der Waals surface area (Å²) >= 11 is 0. The molecule has 1 N–H and O–H groups in total. The molecule has 0 spiro atoms. The quantitative estimate of drug-likeness (QED) is 0.714. The van der Waals surface area contributed by atoms with Crippen molar-refractivity contribution in [2.24, 2.45) is 0 Å². The highest BCUT2D eigenvalue weighted by atomic mass is 16.5. The zero-order chi connectivity index (χ0) is 19.3. The number of carbonyl (C=O) groups is 1. The lowest BCUT2D eigenvalue weighted by Crippen LogP contribution is -2.32. The van der Waals surface area contributed by atoms with Gasteiger partial charge in [0, 0.05) is 31.0 Å². The van der Waals surface area contributed by atoms with Crippen LogP contribution in [-0.2, 0) is 17.9 Å². The van der Waals surface area contributed by atoms with Crippen LogP contribution in [0.4, 0.5) is 0 Å². The smallest absolute Gasteiger partial charge is 0.231 e. The standard InChI is InChI=1S/C21H23N5O2/c1-2-28-17-7-5-15(6-8-17)14-23-21(27)18-4-3-13-26-19(24-25-20(18)26)16-9-11-22-12-10-16/h5-12,18H,2-4,13-14H2,1H3,(H,23,27). The van der Waals surface area contributed by atoms with Crippen LogP contribution in [0.5, 0.6) is 5.75 Å². The highest BCUT2D eigenvalue weighted by Crippen LogP contribution is 2.30. The van der Waals surface area contributed by atoms with E-state index in [0.29, 0.717) is 13.2 Å². The number of amides is 1. The van der Waals surface area contributed by atoms with Gasteiger partial charge in [0.1, 0.15) is 11.6 Å². The molecule has 1 aromatic carbocycles. The second kappa shape index (κ2) is 8.21. The van der Waals surface area contributed by atoms with Crippen LogP contribution in [0.25, 0.3) is 11.4 Å². The molecule has 1 amide bonds. The monoisotopic (exact) mass is 377 g/mol. The molecule has 0 radical (unpaired) electrons. The number of carbonyl (C=O) groups excluding carboxylic acids is 1. The van der Waals surface area contributed by atoms with Crippen molar-refractivity contribution < 1.29 is 9.53 Å². The number of hydrogen-bond donors (Lipinski definition) is 1. The number of nitrogens with one attached hydrogen (secondary N) is 1. The van der Waals surface area contributed by atoms with E-state index in [2.05, 4.69) is 25.1 Å². The molecule has 0 saturated heterocycles. The first kappa shape index (κ1) is 18.2. The Bertz CT molecular complexity index is 937. The van der Waals surface area contributed by atoms with Crippen molar-refractivity contribution in [2.45, 2.75) is 38.8 Å². The Morgan fingerprint density at radius 3 is 2.71 bits per heavy atom. The fraction of sp³-hybridized carbons (Fsp3) is 0.333. The zero-order valence-corrected chi connectivity index (χ0v) is 15.8. The third-order valence-electron chi connectivity index (χ3n) is 4.92. The van der Waals surface area contributed by atoms with Crippen molar-refractivity contribution >= 4 is 5.91 Å². The Morgan fingerprint density at radius 2 is 1.96 bits per heavy atom. The minimum absolute atomic E-state index is 0.0106. The van der Waals surface area contributed by atoms with Gasteiger partial charge >= 0.3 is 0 Å². The summed E-state index contributed by atoms with van der Waals surface area (Å²) in [5.41, 5.74) is 2.00. The van der Waals surface area contributed by atoms with Crippen molar-refractivity contribution in [3.63, 3.8) is 0 Å². The average molecular weight is 377 g/mol. The number of benzene rings is 1. The van der Waals surface area contributed by atoms with Gasteiger partial charge in [-0.25, -0.2) is 0 Å². The Morgan fingerprint density at radius 1 is 1.18 bits per heavy atom. The molecule has 28 heavy (non-hydrogen) atoms. The van der Waals surface area contributed by atoms with Gasteiger partial charge < -0.3 is 14.6 Å². The lowest BCUT2D eigenvalue weighted by molar-refractivity contribution is -0.123. The molecule has 1 aliphatic rings. The lowest BCUT2D eigenvalue weighted by atomic mass is 9.97. The van der Waals surface area contributed by atoms with Crippen molar-refractivity contribution in [1.29, 1.82) is 0 Å². The molecule has 4 rings (SSSR count). The third-order valence-corrected chi connectivity index (χ3v) is 4.92. The van der Waals surface area contributed by atoms with E-state index in [0.717, 1.165) is 47.9 Å². The molecule has 0 aliphatic carbocycles. The van der Waals surface area contributed by atoms with E-state index < -0.39 is 0 Å². The van der Waals surface area contributed by atoms with Crippen LogP contribution >= 0.6 is 0 Å². The summed E-state index contributed by atoms with van der Waals surface area (Å²) in [5.74, 6) is 2.08. The molecule has 144 valence electrons. The number of rotatable bonds is 6. The van der Waals surface area contributed by atoms with E-state index in [-0.39, 0.29) is 11.8 Å². The van der Waals surface area contributed by atoms with Gasteiger partial charge in [-0.15, -0.1) is 10.2 Å². The van der Waals surface area contributed by atoms with Crippen LogP contribution < -0.4 is 10.1 Å². The molecule has 1 aliphatic heterocycles. The average Bonchev–Trinajstić information content (AvgIpc) is 3.18. The molecule has 7 heteroatoms. The summed E-state index contributed by atoms with van der Waals surface area (Å²) in [4.78, 5) is 16.9. The van der Waals surface area contributed by atoms with Gasteiger partial charge in [-0.3, -0.25) is 9.78 Å². The summed E-state index contributed by atoms with van der Waals surface area (Å²) in [6, 6.07) is 11.6. The minimum atomic E-state index is -0.278. The Kier molecular flexibility index (Phi) is 5.32. The maximum absolute atomic E-state index is 12.8. The second-order valence-corrected chi connectivity index (χ2v) is 6.76. The van der Waals surface area contributed by atoms with E-state index in [1.54, 1.807) is 12.4 Å². The first-order valence-corrected chi connectivity index (χ1v) is 9.59. The van der Waals surface area contributed by atoms with Crippen LogP contribution in [0.15, 0.2) is 48.8 Å². The molecule has 0 fully saturated rings. The highest BCUT2D eigenvalue weighted by Gasteiger charge is 2.30. The van der Waals surface area contributed by atoms with E-state index in [4.69, 9.17) is 4.74 Å². The molecule has 3 aromatic rings. The summed E-state index contributed by atoms with van der Waals surface area (Å²) in [6.07, 6.45) is 5.18. The van der Waals surface area contributed by atoms with E-state index in [1.165, 1.54) is 0 Å². The van der Waals surface area contributed by atoms with E-state index in [9.17, 15) is 4.79 Å². The maximum atomic E-state index is 12.8. The Hall–Kier alpha value is -3.22. The van der Waals surface area contributed by atoms with Gasteiger partial charge in [0.25, 0.3) is 0 Å². The summed E-state index contributed by atoms with van der Waals surface area (Å²) in [5, 5.41) is 11.7. The topological polar surface area (TPSA) is 81.9 Å². The van der Waals surface area contributed by atoms with Crippen LogP contribution in [0.3, 0.4) is 0 Å². The molecule has 1 unspecified atom stereocenters. The summed E-state index contributed by atoms with van der Waals surface area (Å²) in [7, 11) is 0. The van der Waals surface area contributed by atoms with Gasteiger partial charge in [-0.1, -0.05) is 12.1 Å². The number of hydrogen-bond acceptors (Lipinski definition) is 5. The first-order valence-electron chi connectivity index (χ1n) is 9.59. The highest BCUT2D eigenvalue weighted by molar-refractivity contribution is 5.83. The molecule has 0 bridgehead atoms. The predicted octanol–water partition coefficient (Wildman–Crippen LogP) is 2.93. The SMILES string of the molecule is CCOc1ccc(CNC(=O)C2CCCn3c(-c4ccncc4)nnc32)cc1. The largest absolute Gasteiger partial charge is 0.494 e. The van der Waals surface area contributed by atoms with Crippen LogP contribution in [-0.4, -0.2) is 32.3 Å². The van der Waals surface area contributed by atoms with Crippen LogP contribution in [0, 0.1) is 0 Å². The van der Waals surface area contributed by atoms with Gasteiger partial charge in [0.05, 0.1) is 12.5 Å². The molecular weight excluding hydrogens is 354 g/mol. The van der Waals surface area contributed by atoms with Crippen LogP contribution in [0.1, 0.15) is 37.1 Å². The fourth-order valence-electron chi connectivity index (χ4n) is 3.52. The molecule has 7 nitrogen and oxygen atoms in total. The summed E-state index contributed by atoms with van der Waals surface area (Å²) < 4.78 is 7.51. The maximum Gasteiger partial charge on any atom is 0.231 e. The molecule has 1 atom stereocenters. The number of nitrogens with zero attached hydrogens (tertiary/aromatic N) is 4. The number of pyridine rings is 1. The van der Waals surface area contributed by atoms with E-state index in [1.807, 2.05) is 43.3 Å². The van der Waals surface area contributed by atoms with Gasteiger partial charge in [-0.2, -0.15) is 0 Å². The summed E-state index contributed by atoms with van der Waals surface area (Å²) in [6.45, 7) is 3.90. The number of fused-ring (bicyclic) bond motifs is 1. The van der Waals surface area contributed by atoms with Crippen molar-refractivity contribution in [2.75, 3.05) is 6.61 Å². The van der Waals surface area contributed by atoms with Gasteiger partial charge in [0.15, 0.2) is 5.82 Å². The molecular formula is C21H23N5O2. The zero-order valence-electron chi connectivity index (χ0n) is 15.8. The first-order chi connectivity index (χ1) is 13.8. The van der Waals surface area contributed by atoms with Gasteiger partial charge in [0.2, 0.25) is 5.91 Å². The predicted molar refractivity (Wildman–Crippen MR) is 105 cm³/mol. The van der Waals surface area contributed by atoms with Crippen LogP contribution in [0.2, 0.25) is 0 Å². The Labute approximate surface area is 163 Å². The molecule has 2 aromatic heterocycles. The lowest BCUT2D eigenvalue weighted by Gasteiger charge is -2.23. The van der Waals surface area contributed by atoms with Crippen molar-refractivity contribution in [3.8, 4) is 17.1 Å². The molecule has 0 saturated carbocycles. The Balaban J connectivity index is 1.46. The second-order valence-electron chi connectivity index (χ2n) is 6.76. The number of ether oxygens (including phenoxy) is 1. The number of aromatic nitrogens is 4. The normalized spacial score (nSPS) is 15.7. The fourth-order valence-corrected chi connectivity index (χ4v) is 3.52. The van der Waals surface area contributed by atoms with Gasteiger partial charge in [-0.05, 0) is 49.6 Å².